The highest BCUT2D eigenvalue weighted by atomic mass is 79.9. The molecule has 0 unspecified atom stereocenters. The summed E-state index contributed by atoms with van der Waals surface area (Å²) in [6.07, 6.45) is 4.04. The van der Waals surface area contributed by atoms with Gasteiger partial charge in [0.1, 0.15) is 5.69 Å². The maximum atomic E-state index is 11.3. The number of nitro groups is 1. The molecule has 1 aromatic heterocycles. The van der Waals surface area contributed by atoms with E-state index in [9.17, 15) is 10.1 Å². The van der Waals surface area contributed by atoms with Crippen molar-refractivity contribution >= 4 is 27.3 Å². The summed E-state index contributed by atoms with van der Waals surface area (Å²) in [5.74, 6) is 2.31. The summed E-state index contributed by atoms with van der Waals surface area (Å²) < 4.78 is 6.06. The van der Waals surface area contributed by atoms with Gasteiger partial charge in [0.25, 0.3) is 5.69 Å². The third-order valence-corrected chi connectivity index (χ3v) is 5.21. The number of hydrogen-bond acceptors (Lipinski definition) is 6. The van der Waals surface area contributed by atoms with Crippen LogP contribution in [0.15, 0.2) is 27.2 Å². The molecule has 0 bridgehead atoms. The van der Waals surface area contributed by atoms with Crippen LogP contribution in [-0.2, 0) is 0 Å². The van der Waals surface area contributed by atoms with E-state index in [2.05, 4.69) is 31.0 Å². The van der Waals surface area contributed by atoms with Crippen LogP contribution >= 0.6 is 15.9 Å². The number of nitrogens with zero attached hydrogens (tertiary/aromatic N) is 4. The average Bonchev–Trinajstić information content (AvgIpc) is 3.32. The van der Waals surface area contributed by atoms with Crippen molar-refractivity contribution in [3.05, 3.63) is 44.5 Å². The highest BCUT2D eigenvalue weighted by Gasteiger charge is 2.32. The van der Waals surface area contributed by atoms with Crippen molar-refractivity contribution in [2.24, 2.45) is 0 Å². The van der Waals surface area contributed by atoms with E-state index in [0.29, 0.717) is 16.1 Å². The molecular weight excluding hydrogens is 376 g/mol. The minimum atomic E-state index is -0.326. The monoisotopic (exact) mass is 392 g/mol. The Kier molecular flexibility index (Phi) is 3.99. The molecule has 1 aromatic carbocycles. The lowest BCUT2D eigenvalue weighted by Crippen LogP contribution is -2.33. The molecule has 0 atom stereocenters. The van der Waals surface area contributed by atoms with Gasteiger partial charge in [0.05, 0.1) is 4.92 Å². The van der Waals surface area contributed by atoms with E-state index in [1.54, 1.807) is 6.07 Å². The Morgan fingerprint density at radius 2 is 1.96 bits per heavy atom. The van der Waals surface area contributed by atoms with Crippen LogP contribution in [0.25, 0.3) is 0 Å². The van der Waals surface area contributed by atoms with E-state index >= 15 is 0 Å². The van der Waals surface area contributed by atoms with Crippen LogP contribution in [0, 0.1) is 10.1 Å². The van der Waals surface area contributed by atoms with Gasteiger partial charge < -0.3 is 9.42 Å². The smallest absolute Gasteiger partial charge is 0.293 e. The average molecular weight is 393 g/mol. The second kappa shape index (κ2) is 6.16. The molecule has 2 fully saturated rings. The highest BCUT2D eigenvalue weighted by molar-refractivity contribution is 9.10. The minimum Gasteiger partial charge on any atom is -0.366 e. The van der Waals surface area contributed by atoms with Crippen molar-refractivity contribution in [2.75, 3.05) is 18.0 Å². The van der Waals surface area contributed by atoms with Gasteiger partial charge in [0.15, 0.2) is 5.82 Å². The zero-order valence-electron chi connectivity index (χ0n) is 13.0. The first kappa shape index (κ1) is 15.6. The lowest BCUT2D eigenvalue weighted by Gasteiger charge is -2.32. The normalized spacial score (nSPS) is 18.8. The van der Waals surface area contributed by atoms with Gasteiger partial charge in [0.2, 0.25) is 5.89 Å². The van der Waals surface area contributed by atoms with Gasteiger partial charge in [0, 0.05) is 35.5 Å². The van der Waals surface area contributed by atoms with Crippen molar-refractivity contribution in [3.63, 3.8) is 0 Å². The Bertz CT molecular complexity index is 766. The highest BCUT2D eigenvalue weighted by Crippen LogP contribution is 2.40. The Morgan fingerprint density at radius 3 is 2.62 bits per heavy atom. The predicted octanol–water partition coefficient (Wildman–Crippen LogP) is 4.00. The number of anilines is 1. The number of rotatable bonds is 4. The molecule has 0 N–H and O–H groups in total. The van der Waals surface area contributed by atoms with Crippen LogP contribution in [0.5, 0.6) is 0 Å². The van der Waals surface area contributed by atoms with Gasteiger partial charge in [-0.15, -0.1) is 0 Å². The molecule has 0 radical (unpaired) electrons. The molecule has 2 aliphatic rings. The molecule has 7 nitrogen and oxygen atoms in total. The van der Waals surface area contributed by atoms with E-state index in [0.717, 1.165) is 50.5 Å². The summed E-state index contributed by atoms with van der Waals surface area (Å²) in [5.41, 5.74) is 0.812. The number of halogens is 1. The van der Waals surface area contributed by atoms with Crippen molar-refractivity contribution in [2.45, 2.75) is 37.5 Å². The summed E-state index contributed by atoms with van der Waals surface area (Å²) >= 11 is 3.30. The maximum absolute atomic E-state index is 11.3. The molecule has 1 saturated carbocycles. The molecule has 126 valence electrons. The zero-order chi connectivity index (χ0) is 16.7. The second-order valence-electron chi connectivity index (χ2n) is 6.42. The van der Waals surface area contributed by atoms with Crippen LogP contribution in [-0.4, -0.2) is 28.2 Å². The van der Waals surface area contributed by atoms with E-state index in [1.165, 1.54) is 0 Å². The van der Waals surface area contributed by atoms with Crippen molar-refractivity contribution in [1.29, 1.82) is 0 Å². The summed E-state index contributed by atoms with van der Waals surface area (Å²) in [7, 11) is 0. The molecule has 2 aromatic rings. The number of hydrogen-bond donors (Lipinski definition) is 0. The van der Waals surface area contributed by atoms with Crippen LogP contribution in [0.1, 0.15) is 49.2 Å². The molecule has 24 heavy (non-hydrogen) atoms. The van der Waals surface area contributed by atoms with E-state index in [-0.39, 0.29) is 16.5 Å². The van der Waals surface area contributed by atoms with E-state index < -0.39 is 0 Å². The minimum absolute atomic E-state index is 0.137. The first-order chi connectivity index (χ1) is 11.6. The summed E-state index contributed by atoms with van der Waals surface area (Å²) in [4.78, 5) is 17.6. The van der Waals surface area contributed by atoms with E-state index in [4.69, 9.17) is 4.52 Å². The molecule has 2 heterocycles. The van der Waals surface area contributed by atoms with Gasteiger partial charge in [-0.1, -0.05) is 21.1 Å². The van der Waals surface area contributed by atoms with Crippen LogP contribution in [0.3, 0.4) is 0 Å². The molecule has 1 aliphatic heterocycles. The Hall–Kier alpha value is -1.96. The van der Waals surface area contributed by atoms with E-state index in [1.807, 2.05) is 12.1 Å². The molecule has 8 heteroatoms. The quantitative estimate of drug-likeness (QED) is 0.577. The maximum Gasteiger partial charge on any atom is 0.293 e. The Balaban J connectivity index is 1.46. The molecule has 1 aliphatic carbocycles. The number of piperidine rings is 1. The number of aromatic nitrogens is 2. The van der Waals surface area contributed by atoms with Crippen LogP contribution in [0.2, 0.25) is 0 Å². The Labute approximate surface area is 147 Å². The zero-order valence-corrected chi connectivity index (χ0v) is 14.6. The topological polar surface area (TPSA) is 85.3 Å². The first-order valence-corrected chi connectivity index (χ1v) is 8.93. The fourth-order valence-electron chi connectivity index (χ4n) is 3.20. The van der Waals surface area contributed by atoms with Crippen molar-refractivity contribution in [1.82, 2.24) is 10.1 Å². The summed E-state index contributed by atoms with van der Waals surface area (Å²) in [6, 6.07) is 5.21. The summed E-state index contributed by atoms with van der Waals surface area (Å²) in [6.45, 7) is 1.50. The standard InChI is InChI=1S/C16H17BrN4O3/c17-12-3-4-13(14(9-12)21(22)23)20-7-5-10(6-8-20)15-18-16(24-19-15)11-1-2-11/h3-4,9-11H,1-2,5-8H2. The predicted molar refractivity (Wildman–Crippen MR) is 91.3 cm³/mol. The largest absolute Gasteiger partial charge is 0.366 e. The second-order valence-corrected chi connectivity index (χ2v) is 7.33. The lowest BCUT2D eigenvalue weighted by atomic mass is 9.95. The SMILES string of the molecule is O=[N+]([O-])c1cc(Br)ccc1N1CCC(c2noc(C3CC3)n2)CC1. The Morgan fingerprint density at radius 1 is 1.21 bits per heavy atom. The summed E-state index contributed by atoms with van der Waals surface area (Å²) in [5, 5.41) is 15.4. The fourth-order valence-corrected chi connectivity index (χ4v) is 3.55. The number of benzene rings is 1. The van der Waals surface area contributed by atoms with Gasteiger partial charge in [-0.3, -0.25) is 10.1 Å². The van der Waals surface area contributed by atoms with Crippen molar-refractivity contribution < 1.29 is 9.45 Å². The van der Waals surface area contributed by atoms with Crippen LogP contribution < -0.4 is 4.90 Å². The molecule has 0 amide bonds. The fraction of sp³-hybridized carbons (Fsp3) is 0.500. The van der Waals surface area contributed by atoms with Gasteiger partial charge >= 0.3 is 0 Å². The van der Waals surface area contributed by atoms with Crippen LogP contribution in [0.4, 0.5) is 11.4 Å². The lowest BCUT2D eigenvalue weighted by molar-refractivity contribution is -0.384. The molecule has 0 spiro atoms. The van der Waals surface area contributed by atoms with Gasteiger partial charge in [-0.2, -0.15) is 4.98 Å². The van der Waals surface area contributed by atoms with Gasteiger partial charge in [-0.25, -0.2) is 0 Å². The van der Waals surface area contributed by atoms with Crippen molar-refractivity contribution in [3.8, 4) is 0 Å². The van der Waals surface area contributed by atoms with Gasteiger partial charge in [-0.05, 0) is 37.8 Å². The molecule has 4 rings (SSSR count). The third kappa shape index (κ3) is 3.02. The third-order valence-electron chi connectivity index (χ3n) is 4.72. The molecule has 1 saturated heterocycles. The molecular formula is C16H17BrN4O3. The number of nitro benzene ring substituents is 1. The first-order valence-electron chi connectivity index (χ1n) is 8.14.